The molecule has 1 aromatic carbocycles. The number of nitrogens with two attached hydrogens (primary N) is 1. The van der Waals surface area contributed by atoms with Gasteiger partial charge in [0.1, 0.15) is 6.33 Å². The van der Waals surface area contributed by atoms with E-state index < -0.39 is 5.97 Å². The van der Waals surface area contributed by atoms with Crippen LogP contribution < -0.4 is 5.73 Å². The van der Waals surface area contributed by atoms with Crippen molar-refractivity contribution in [3.8, 4) is 0 Å². The van der Waals surface area contributed by atoms with Crippen LogP contribution in [0.1, 0.15) is 16.2 Å². The average molecular weight is 267 g/mol. The molecule has 7 heteroatoms. The number of rotatable bonds is 3. The molecule has 18 heavy (non-hydrogen) atoms. The van der Waals surface area contributed by atoms with E-state index in [1.165, 1.54) is 18.1 Å². The highest BCUT2D eigenvalue weighted by Crippen LogP contribution is 2.18. The molecule has 2 N–H and O–H groups in total. The second kappa shape index (κ2) is 5.05. The molecule has 0 saturated heterocycles. The number of carbonyl (C=O) groups excluding carboxylic acids is 1. The van der Waals surface area contributed by atoms with E-state index in [2.05, 4.69) is 14.8 Å². The van der Waals surface area contributed by atoms with Crippen LogP contribution in [0.4, 0.5) is 5.69 Å². The molecule has 0 aliphatic heterocycles. The smallest absolute Gasteiger partial charge is 0.377 e. The lowest BCUT2D eigenvalue weighted by molar-refractivity contribution is 0.0586. The lowest BCUT2D eigenvalue weighted by Crippen LogP contribution is -2.07. The third kappa shape index (κ3) is 2.60. The van der Waals surface area contributed by atoms with Crippen LogP contribution in [0.25, 0.3) is 0 Å². The van der Waals surface area contributed by atoms with E-state index in [1.807, 2.05) is 0 Å². The molecule has 0 bridgehead atoms. The van der Waals surface area contributed by atoms with Gasteiger partial charge in [0.2, 0.25) is 0 Å². The van der Waals surface area contributed by atoms with Gasteiger partial charge < -0.3 is 10.5 Å². The molecule has 0 saturated carbocycles. The Labute approximate surface area is 108 Å². The molecule has 6 nitrogen and oxygen atoms in total. The van der Waals surface area contributed by atoms with Crippen molar-refractivity contribution in [1.29, 1.82) is 0 Å². The summed E-state index contributed by atoms with van der Waals surface area (Å²) in [7, 11) is 1.28. The van der Waals surface area contributed by atoms with Gasteiger partial charge >= 0.3 is 5.97 Å². The zero-order valence-corrected chi connectivity index (χ0v) is 10.4. The zero-order chi connectivity index (χ0) is 13.1. The third-order valence-corrected chi connectivity index (χ3v) is 2.58. The fourth-order valence-electron chi connectivity index (χ4n) is 1.44. The van der Waals surface area contributed by atoms with E-state index >= 15 is 0 Å². The summed E-state index contributed by atoms with van der Waals surface area (Å²) in [6.07, 6.45) is 1.44. The zero-order valence-electron chi connectivity index (χ0n) is 9.63. The predicted molar refractivity (Wildman–Crippen MR) is 66.3 cm³/mol. The maximum Gasteiger partial charge on any atom is 0.377 e. The van der Waals surface area contributed by atoms with Crippen molar-refractivity contribution in [1.82, 2.24) is 14.8 Å². The summed E-state index contributed by atoms with van der Waals surface area (Å²) in [5.74, 6) is -0.553. The van der Waals surface area contributed by atoms with Crippen molar-refractivity contribution in [3.63, 3.8) is 0 Å². The molecular weight excluding hydrogens is 256 g/mol. The molecule has 0 fully saturated rings. The predicted octanol–water partition coefficient (Wildman–Crippen LogP) is 1.35. The number of nitrogen functional groups attached to an aromatic ring is 1. The molecule has 2 aromatic rings. The molecular formula is C11H11ClN4O2. The number of benzene rings is 1. The quantitative estimate of drug-likeness (QED) is 0.670. The van der Waals surface area contributed by atoms with Gasteiger partial charge in [-0.3, -0.25) is 0 Å². The number of nitrogens with zero attached hydrogens (tertiary/aromatic N) is 3. The first-order valence-corrected chi connectivity index (χ1v) is 5.49. The van der Waals surface area contributed by atoms with E-state index in [4.69, 9.17) is 17.3 Å². The summed E-state index contributed by atoms with van der Waals surface area (Å²) in [4.78, 5) is 15.0. The molecule has 94 valence electrons. The van der Waals surface area contributed by atoms with Crippen LogP contribution in [-0.2, 0) is 11.3 Å². The average Bonchev–Trinajstić information content (AvgIpc) is 2.80. The number of hydrogen-bond donors (Lipinski definition) is 1. The normalized spacial score (nSPS) is 10.3. The Bertz CT molecular complexity index is 582. The third-order valence-electron chi connectivity index (χ3n) is 2.34. The van der Waals surface area contributed by atoms with Crippen LogP contribution in [0, 0.1) is 0 Å². The highest BCUT2D eigenvalue weighted by Gasteiger charge is 2.11. The molecule has 0 atom stereocenters. The van der Waals surface area contributed by atoms with Crippen LogP contribution in [0.5, 0.6) is 0 Å². The van der Waals surface area contributed by atoms with E-state index in [-0.39, 0.29) is 5.82 Å². The van der Waals surface area contributed by atoms with Crippen molar-refractivity contribution >= 4 is 23.3 Å². The Morgan fingerprint density at radius 2 is 2.33 bits per heavy atom. The van der Waals surface area contributed by atoms with E-state index in [0.717, 1.165) is 5.56 Å². The molecule has 0 aliphatic rings. The fourth-order valence-corrected chi connectivity index (χ4v) is 1.62. The Morgan fingerprint density at radius 3 is 3.00 bits per heavy atom. The van der Waals surface area contributed by atoms with Crippen LogP contribution in [0.15, 0.2) is 24.5 Å². The van der Waals surface area contributed by atoms with Gasteiger partial charge in [0, 0.05) is 10.7 Å². The van der Waals surface area contributed by atoms with Crippen molar-refractivity contribution in [2.75, 3.05) is 12.8 Å². The highest BCUT2D eigenvalue weighted by atomic mass is 35.5. The molecule has 2 rings (SSSR count). The number of hydrogen-bond acceptors (Lipinski definition) is 5. The lowest BCUT2D eigenvalue weighted by atomic mass is 10.2. The number of ether oxygens (including phenoxy) is 1. The summed E-state index contributed by atoms with van der Waals surface area (Å²) in [6, 6.07) is 5.21. The molecule has 0 unspecified atom stereocenters. The SMILES string of the molecule is COC(=O)c1ncn(Cc2ccc(Cl)cc2N)n1. The van der Waals surface area contributed by atoms with Crippen LogP contribution in [0.2, 0.25) is 5.02 Å². The van der Waals surface area contributed by atoms with Crippen LogP contribution in [-0.4, -0.2) is 27.8 Å². The lowest BCUT2D eigenvalue weighted by Gasteiger charge is -2.05. The number of aromatic nitrogens is 3. The van der Waals surface area contributed by atoms with Gasteiger partial charge in [-0.25, -0.2) is 14.5 Å². The second-order valence-electron chi connectivity index (χ2n) is 3.60. The van der Waals surface area contributed by atoms with Crippen LogP contribution >= 0.6 is 11.6 Å². The molecule has 0 radical (unpaired) electrons. The molecule has 1 heterocycles. The first-order chi connectivity index (χ1) is 8.60. The molecule has 0 spiro atoms. The largest absolute Gasteiger partial charge is 0.463 e. The Hall–Kier alpha value is -2.08. The van der Waals surface area contributed by atoms with Gasteiger partial charge in [-0.2, -0.15) is 0 Å². The Kier molecular flexibility index (Phi) is 3.47. The summed E-state index contributed by atoms with van der Waals surface area (Å²) < 4.78 is 6.03. The number of halogens is 1. The van der Waals surface area contributed by atoms with Crippen molar-refractivity contribution in [3.05, 3.63) is 40.9 Å². The van der Waals surface area contributed by atoms with E-state index in [9.17, 15) is 4.79 Å². The van der Waals surface area contributed by atoms with Gasteiger partial charge in [-0.15, -0.1) is 5.10 Å². The second-order valence-corrected chi connectivity index (χ2v) is 4.04. The maximum absolute atomic E-state index is 11.2. The van der Waals surface area contributed by atoms with Gasteiger partial charge in [-0.1, -0.05) is 17.7 Å². The van der Waals surface area contributed by atoms with E-state index in [1.54, 1.807) is 18.2 Å². The number of esters is 1. The molecule has 1 aromatic heterocycles. The Balaban J connectivity index is 2.18. The van der Waals surface area contributed by atoms with E-state index in [0.29, 0.717) is 17.3 Å². The highest BCUT2D eigenvalue weighted by molar-refractivity contribution is 6.30. The summed E-state index contributed by atoms with van der Waals surface area (Å²) >= 11 is 5.81. The minimum atomic E-state index is -0.571. The van der Waals surface area contributed by atoms with Crippen molar-refractivity contribution < 1.29 is 9.53 Å². The minimum absolute atomic E-state index is 0.0186. The first kappa shape index (κ1) is 12.4. The summed E-state index contributed by atoms with van der Waals surface area (Å²) in [6.45, 7) is 0.410. The van der Waals surface area contributed by atoms with Gasteiger partial charge in [0.25, 0.3) is 5.82 Å². The summed E-state index contributed by atoms with van der Waals surface area (Å²) in [5.41, 5.74) is 7.24. The molecule has 0 aliphatic carbocycles. The molecule has 0 amide bonds. The summed E-state index contributed by atoms with van der Waals surface area (Å²) in [5, 5.41) is 4.56. The monoisotopic (exact) mass is 266 g/mol. The standard InChI is InChI=1S/C11H11ClN4O2/c1-18-11(17)10-14-6-16(15-10)5-7-2-3-8(12)4-9(7)13/h2-4,6H,5,13H2,1H3. The topological polar surface area (TPSA) is 83.0 Å². The van der Waals surface area contributed by atoms with Crippen LogP contribution in [0.3, 0.4) is 0 Å². The maximum atomic E-state index is 11.2. The minimum Gasteiger partial charge on any atom is -0.463 e. The van der Waals surface area contributed by atoms with Gasteiger partial charge in [0.15, 0.2) is 0 Å². The Morgan fingerprint density at radius 1 is 1.56 bits per heavy atom. The number of methoxy groups -OCH3 is 1. The van der Waals surface area contributed by atoms with Crippen molar-refractivity contribution in [2.24, 2.45) is 0 Å². The fraction of sp³-hybridized carbons (Fsp3) is 0.182. The van der Waals surface area contributed by atoms with Gasteiger partial charge in [-0.05, 0) is 17.7 Å². The van der Waals surface area contributed by atoms with Crippen molar-refractivity contribution in [2.45, 2.75) is 6.54 Å². The van der Waals surface area contributed by atoms with Gasteiger partial charge in [0.05, 0.1) is 13.7 Å². The number of carbonyl (C=O) groups is 1. The first-order valence-electron chi connectivity index (χ1n) is 5.12. The number of anilines is 1.